The van der Waals surface area contributed by atoms with Crippen molar-refractivity contribution in [2.24, 2.45) is 0 Å². The second kappa shape index (κ2) is 6.34. The van der Waals surface area contributed by atoms with Gasteiger partial charge in [-0.1, -0.05) is 17.4 Å². The number of amides is 1. The number of H-pyrrole nitrogens is 1. The third kappa shape index (κ3) is 2.93. The number of benzene rings is 1. The molecule has 3 aromatic rings. The molecule has 2 aromatic heterocycles. The van der Waals surface area contributed by atoms with Gasteiger partial charge in [0.1, 0.15) is 17.9 Å². The number of hydrogen-bond donors (Lipinski definition) is 3. The van der Waals surface area contributed by atoms with Crippen molar-refractivity contribution < 1.29 is 19.1 Å². The zero-order valence-corrected chi connectivity index (χ0v) is 15.5. The van der Waals surface area contributed by atoms with Crippen LogP contribution < -0.4 is 20.9 Å². The summed E-state index contributed by atoms with van der Waals surface area (Å²) in [6.45, 7) is 3.90. The fourth-order valence-corrected chi connectivity index (χ4v) is 4.77. The van der Waals surface area contributed by atoms with E-state index < -0.39 is 11.7 Å². The van der Waals surface area contributed by atoms with Crippen molar-refractivity contribution in [3.63, 3.8) is 0 Å². The number of nitrogens with two attached hydrogens (primary N) is 1. The van der Waals surface area contributed by atoms with Crippen LogP contribution in [0.25, 0.3) is 10.2 Å². The van der Waals surface area contributed by atoms with Crippen LogP contribution in [0.4, 0.5) is 15.9 Å². The Kier molecular flexibility index (Phi) is 4.13. The molecule has 7 heteroatoms. The van der Waals surface area contributed by atoms with E-state index in [4.69, 9.17) is 5.73 Å². The van der Waals surface area contributed by atoms with Crippen LogP contribution in [0, 0.1) is 12.7 Å². The van der Waals surface area contributed by atoms with Crippen LogP contribution in [-0.4, -0.2) is 19.5 Å². The maximum absolute atomic E-state index is 14.0. The average molecular weight is 372 g/mol. The molecule has 5 nitrogen and oxygen atoms in total. The van der Waals surface area contributed by atoms with Crippen LogP contribution in [0.15, 0.2) is 24.3 Å². The molecule has 1 atom stereocenters. The van der Waals surface area contributed by atoms with Gasteiger partial charge in [-0.05, 0) is 36.2 Å². The number of quaternary nitrogens is 1. The summed E-state index contributed by atoms with van der Waals surface area (Å²) in [5.41, 5.74) is 8.75. The summed E-state index contributed by atoms with van der Waals surface area (Å²) in [4.78, 5) is 19.7. The van der Waals surface area contributed by atoms with Crippen molar-refractivity contribution in [2.45, 2.75) is 19.9 Å². The Hall–Kier alpha value is -2.51. The third-order valence-corrected chi connectivity index (χ3v) is 6.00. The highest BCUT2D eigenvalue weighted by Gasteiger charge is 2.26. The summed E-state index contributed by atoms with van der Waals surface area (Å²) in [7, 11) is 2.18. The molecule has 0 saturated carbocycles. The minimum Gasteiger partial charge on any atom is -0.333 e. The highest BCUT2D eigenvalue weighted by Crippen LogP contribution is 2.31. The molecule has 1 aliphatic heterocycles. The number of aromatic amines is 1. The molecule has 0 aliphatic carbocycles. The first kappa shape index (κ1) is 16.9. The van der Waals surface area contributed by atoms with Gasteiger partial charge in [-0.3, -0.25) is 10.5 Å². The number of anilines is 2. The molecule has 0 saturated heterocycles. The van der Waals surface area contributed by atoms with E-state index in [0.717, 1.165) is 35.3 Å². The fraction of sp³-hybridized carbons (Fsp3) is 0.263. The predicted molar refractivity (Wildman–Crippen MR) is 101 cm³/mol. The largest absolute Gasteiger partial charge is 0.333 e. The molecule has 0 radical (unpaired) electrons. The molecule has 1 unspecified atom stereocenters. The molecular weight excluding hydrogens is 351 g/mol. The van der Waals surface area contributed by atoms with E-state index in [-0.39, 0.29) is 5.69 Å². The first-order valence-corrected chi connectivity index (χ1v) is 9.39. The number of thiophene rings is 1. The summed E-state index contributed by atoms with van der Waals surface area (Å²) in [5.74, 6) is -0.586. The molecule has 0 fully saturated rings. The molecule has 3 heterocycles. The van der Waals surface area contributed by atoms with Gasteiger partial charge in [-0.25, -0.2) is 9.37 Å². The predicted octanol–water partition coefficient (Wildman–Crippen LogP) is 1.57. The average Bonchev–Trinajstić information content (AvgIpc) is 2.93. The molecule has 1 aliphatic rings. The van der Waals surface area contributed by atoms with Crippen molar-refractivity contribution in [3.05, 3.63) is 51.7 Å². The molecule has 0 spiro atoms. The van der Waals surface area contributed by atoms with Crippen LogP contribution >= 0.6 is 11.3 Å². The number of aryl methyl sites for hydroxylation is 1. The van der Waals surface area contributed by atoms with E-state index in [2.05, 4.69) is 17.3 Å². The van der Waals surface area contributed by atoms with Crippen LogP contribution in [0.1, 0.15) is 26.4 Å². The second-order valence-corrected chi connectivity index (χ2v) is 8.02. The van der Waals surface area contributed by atoms with E-state index >= 15 is 0 Å². The Labute approximate surface area is 154 Å². The summed E-state index contributed by atoms with van der Waals surface area (Å²) < 4.78 is 14.0. The molecule has 5 N–H and O–H groups in total. The normalized spacial score (nSPS) is 16.5. The zero-order valence-electron chi connectivity index (χ0n) is 14.7. The van der Waals surface area contributed by atoms with Crippen LogP contribution in [0.3, 0.4) is 0 Å². The number of carbonyl (C=O) groups excluding carboxylic acids is 1. The lowest BCUT2D eigenvalue weighted by molar-refractivity contribution is -0.895. The van der Waals surface area contributed by atoms with E-state index in [0.29, 0.717) is 11.4 Å². The number of pyridine rings is 1. The van der Waals surface area contributed by atoms with E-state index in [1.165, 1.54) is 21.4 Å². The number of likely N-dealkylation sites (N-methyl/N-ethyl adjacent to an activating group) is 1. The van der Waals surface area contributed by atoms with Gasteiger partial charge in [-0.2, -0.15) is 0 Å². The minimum absolute atomic E-state index is 0.159. The summed E-state index contributed by atoms with van der Waals surface area (Å²) in [6, 6.07) is 6.45. The number of hydrogen-bond acceptors (Lipinski definition) is 3. The van der Waals surface area contributed by atoms with Gasteiger partial charge in [0.15, 0.2) is 4.83 Å². The summed E-state index contributed by atoms with van der Waals surface area (Å²) in [5, 5.41) is 3.68. The topological polar surface area (TPSA) is 73.7 Å². The monoisotopic (exact) mass is 372 g/mol. The van der Waals surface area contributed by atoms with Crippen molar-refractivity contribution in [1.82, 2.24) is 0 Å². The van der Waals surface area contributed by atoms with E-state index in [1.54, 1.807) is 23.5 Å². The van der Waals surface area contributed by atoms with Crippen LogP contribution in [0.5, 0.6) is 0 Å². The summed E-state index contributed by atoms with van der Waals surface area (Å²) in [6.07, 6.45) is 0.979. The van der Waals surface area contributed by atoms with Gasteiger partial charge < -0.3 is 10.2 Å². The third-order valence-electron chi connectivity index (χ3n) is 4.84. The molecule has 4 rings (SSSR count). The van der Waals surface area contributed by atoms with Crippen molar-refractivity contribution in [3.8, 4) is 0 Å². The van der Waals surface area contributed by atoms with Gasteiger partial charge in [0.25, 0.3) is 11.7 Å². The Balaban J connectivity index is 1.73. The van der Waals surface area contributed by atoms with Gasteiger partial charge in [0, 0.05) is 11.8 Å². The van der Waals surface area contributed by atoms with E-state index in [9.17, 15) is 9.18 Å². The maximum Gasteiger partial charge on any atom is 0.284 e. The van der Waals surface area contributed by atoms with Gasteiger partial charge in [0.2, 0.25) is 0 Å². The SMILES string of the molecule is Cc1ccc(F)c(NC(=O)c2cc3c4c(sc3[nH+]c2N)C[NH+](C)CC4)c1. The van der Waals surface area contributed by atoms with Crippen molar-refractivity contribution in [1.29, 1.82) is 0 Å². The molecule has 1 amide bonds. The number of halogens is 1. The molecule has 134 valence electrons. The summed E-state index contributed by atoms with van der Waals surface area (Å²) >= 11 is 1.70. The molecule has 1 aromatic carbocycles. The maximum atomic E-state index is 14.0. The number of carbonyl (C=O) groups is 1. The minimum atomic E-state index is -0.466. The number of rotatable bonds is 2. The number of aromatic nitrogens is 1. The Morgan fingerprint density at radius 3 is 3.00 bits per heavy atom. The van der Waals surface area contributed by atoms with Gasteiger partial charge in [0.05, 0.1) is 24.2 Å². The molecule has 0 bridgehead atoms. The second-order valence-electron chi connectivity index (χ2n) is 6.91. The zero-order chi connectivity index (χ0) is 18.4. The quantitative estimate of drug-likeness (QED) is 0.639. The number of fused-ring (bicyclic) bond motifs is 3. The van der Waals surface area contributed by atoms with Gasteiger partial charge in [-0.15, -0.1) is 0 Å². The number of nitrogens with one attached hydrogen (secondary N) is 3. The van der Waals surface area contributed by atoms with Crippen molar-refractivity contribution >= 4 is 39.0 Å². The molecule has 26 heavy (non-hydrogen) atoms. The molecular formula is C19H21FN4OS+2. The lowest BCUT2D eigenvalue weighted by Gasteiger charge is -2.19. The highest BCUT2D eigenvalue weighted by molar-refractivity contribution is 7.18. The first-order valence-electron chi connectivity index (χ1n) is 8.57. The van der Waals surface area contributed by atoms with Crippen LogP contribution in [-0.2, 0) is 13.0 Å². The number of nitrogen functional groups attached to an aromatic ring is 1. The Morgan fingerprint density at radius 1 is 1.38 bits per heavy atom. The van der Waals surface area contributed by atoms with Gasteiger partial charge >= 0.3 is 0 Å². The fourth-order valence-electron chi connectivity index (χ4n) is 3.41. The van der Waals surface area contributed by atoms with Crippen LogP contribution in [0.2, 0.25) is 0 Å². The first-order chi connectivity index (χ1) is 12.4. The lowest BCUT2D eigenvalue weighted by atomic mass is 10.0. The van der Waals surface area contributed by atoms with E-state index in [1.807, 2.05) is 13.0 Å². The Bertz CT molecular complexity index is 1030. The Morgan fingerprint density at radius 2 is 2.19 bits per heavy atom. The smallest absolute Gasteiger partial charge is 0.284 e. The standard InChI is InChI=1S/C19H19FN4OS/c1-10-3-4-14(20)15(7-10)22-18(25)13-8-12-11-5-6-24(2)9-16(11)26-19(12)23-17(13)21/h3-4,7-8H,5-6,9H2,1-2H3,(H2,21,23)(H,22,25)/p+2. The lowest BCUT2D eigenvalue weighted by Crippen LogP contribution is -3.08. The van der Waals surface area contributed by atoms with Crippen molar-refractivity contribution in [2.75, 3.05) is 24.6 Å². The highest BCUT2D eigenvalue weighted by atomic mass is 32.1.